The van der Waals surface area contributed by atoms with Gasteiger partial charge < -0.3 is 15.0 Å². The first-order valence-electron chi connectivity index (χ1n) is 13.9. The van der Waals surface area contributed by atoms with Gasteiger partial charge in [0.25, 0.3) is 0 Å². The Morgan fingerprint density at radius 2 is 1.64 bits per heavy atom. The van der Waals surface area contributed by atoms with Gasteiger partial charge in [-0.3, -0.25) is 13.9 Å². The Bertz CT molecular complexity index is 1430. The summed E-state index contributed by atoms with van der Waals surface area (Å²) < 4.78 is 31.9. The number of hydrogen-bond acceptors (Lipinski definition) is 5. The van der Waals surface area contributed by atoms with E-state index in [9.17, 15) is 18.0 Å². The molecule has 0 bridgehead atoms. The van der Waals surface area contributed by atoms with Crippen LogP contribution < -0.4 is 14.4 Å². The average Bonchev–Trinajstić information content (AvgIpc) is 2.95. The Labute approximate surface area is 254 Å². The SMILES string of the molecule is COc1cccc(N(CCCC(=O)N(Cc2cccc(Cl)c2)C(Cc2ccccc2)C(=O)NCC(C)C)S(C)(=O)=O)c1. The lowest BCUT2D eigenvalue weighted by Crippen LogP contribution is -2.51. The smallest absolute Gasteiger partial charge is 0.243 e. The van der Waals surface area contributed by atoms with Crippen LogP contribution in [0, 0.1) is 5.92 Å². The van der Waals surface area contributed by atoms with Crippen molar-refractivity contribution in [2.45, 2.75) is 45.7 Å². The third-order valence-electron chi connectivity index (χ3n) is 6.69. The molecule has 3 aromatic rings. The van der Waals surface area contributed by atoms with Crippen LogP contribution >= 0.6 is 11.6 Å². The van der Waals surface area contributed by atoms with E-state index in [4.69, 9.17) is 16.3 Å². The second-order valence-corrected chi connectivity index (χ2v) is 13.0. The van der Waals surface area contributed by atoms with Gasteiger partial charge in [0.2, 0.25) is 21.8 Å². The predicted molar refractivity (Wildman–Crippen MR) is 168 cm³/mol. The minimum atomic E-state index is -3.63. The van der Waals surface area contributed by atoms with Crippen LogP contribution in [0.2, 0.25) is 5.02 Å². The molecule has 0 aliphatic heterocycles. The number of nitrogens with zero attached hydrogens (tertiary/aromatic N) is 2. The number of carbonyl (C=O) groups excluding carboxylic acids is 2. The molecule has 1 unspecified atom stereocenters. The highest BCUT2D eigenvalue weighted by atomic mass is 35.5. The van der Waals surface area contributed by atoms with Crippen LogP contribution in [0.3, 0.4) is 0 Å². The molecule has 3 aromatic carbocycles. The van der Waals surface area contributed by atoms with Crippen molar-refractivity contribution in [3.05, 3.63) is 95.0 Å². The van der Waals surface area contributed by atoms with Crippen molar-refractivity contribution >= 4 is 39.1 Å². The van der Waals surface area contributed by atoms with Gasteiger partial charge in [0.15, 0.2) is 0 Å². The minimum absolute atomic E-state index is 0.0410. The van der Waals surface area contributed by atoms with Crippen LogP contribution in [0.25, 0.3) is 0 Å². The number of rotatable bonds is 15. The standard InChI is InChI=1S/C32H40ClN3O5S/c1-24(2)22-34-32(38)30(20-25-11-6-5-7-12-25)35(23-26-13-8-14-27(33)19-26)31(37)17-10-18-36(42(4,39)40)28-15-9-16-29(21-28)41-3/h5-9,11-16,19,21,24,30H,10,17-18,20,22-23H2,1-4H3,(H,34,38). The molecule has 10 heteroatoms. The number of sulfonamides is 1. The van der Waals surface area contributed by atoms with Gasteiger partial charge in [0.1, 0.15) is 11.8 Å². The third kappa shape index (κ3) is 10.1. The van der Waals surface area contributed by atoms with Crippen molar-refractivity contribution in [3.8, 4) is 5.75 Å². The van der Waals surface area contributed by atoms with Gasteiger partial charge in [0.05, 0.1) is 19.1 Å². The quantitative estimate of drug-likeness (QED) is 0.251. The van der Waals surface area contributed by atoms with Gasteiger partial charge >= 0.3 is 0 Å². The number of ether oxygens (including phenoxy) is 1. The number of benzene rings is 3. The van der Waals surface area contributed by atoms with Crippen molar-refractivity contribution in [1.82, 2.24) is 10.2 Å². The number of nitrogens with one attached hydrogen (secondary N) is 1. The molecule has 8 nitrogen and oxygen atoms in total. The van der Waals surface area contributed by atoms with Crippen molar-refractivity contribution in [2.24, 2.45) is 5.92 Å². The lowest BCUT2D eigenvalue weighted by molar-refractivity contribution is -0.141. The number of halogens is 1. The van der Waals surface area contributed by atoms with Crippen LogP contribution in [0.1, 0.15) is 37.8 Å². The Kier molecular flexibility index (Phi) is 12.2. The lowest BCUT2D eigenvalue weighted by Gasteiger charge is -2.32. The normalized spacial score (nSPS) is 12.0. The molecule has 226 valence electrons. The van der Waals surface area contributed by atoms with E-state index in [1.54, 1.807) is 41.3 Å². The van der Waals surface area contributed by atoms with Crippen molar-refractivity contribution in [3.63, 3.8) is 0 Å². The predicted octanol–water partition coefficient (Wildman–Crippen LogP) is 5.31. The molecule has 0 heterocycles. The van der Waals surface area contributed by atoms with Crippen LogP contribution in [-0.4, -0.2) is 57.6 Å². The second-order valence-electron chi connectivity index (χ2n) is 10.6. The third-order valence-corrected chi connectivity index (χ3v) is 8.12. The monoisotopic (exact) mass is 613 g/mol. The number of amides is 2. The van der Waals surface area contributed by atoms with E-state index in [2.05, 4.69) is 5.32 Å². The molecule has 1 atom stereocenters. The molecule has 0 aliphatic carbocycles. The minimum Gasteiger partial charge on any atom is -0.497 e. The van der Waals surface area contributed by atoms with E-state index in [-0.39, 0.29) is 43.7 Å². The second kappa shape index (κ2) is 15.6. The highest BCUT2D eigenvalue weighted by Gasteiger charge is 2.30. The molecule has 1 N–H and O–H groups in total. The zero-order valence-electron chi connectivity index (χ0n) is 24.6. The summed E-state index contributed by atoms with van der Waals surface area (Å²) in [6, 6.07) is 22.8. The first kappa shape index (κ1) is 32.9. The van der Waals surface area contributed by atoms with Gasteiger partial charge in [-0.1, -0.05) is 74.0 Å². The first-order chi connectivity index (χ1) is 20.0. The fraction of sp³-hybridized carbons (Fsp3) is 0.375. The molecule has 0 spiro atoms. The summed E-state index contributed by atoms with van der Waals surface area (Å²) in [6.45, 7) is 4.77. The Hall–Kier alpha value is -3.56. The van der Waals surface area contributed by atoms with E-state index in [0.717, 1.165) is 17.4 Å². The van der Waals surface area contributed by atoms with Gasteiger partial charge in [-0.15, -0.1) is 0 Å². The summed E-state index contributed by atoms with van der Waals surface area (Å²) in [5, 5.41) is 3.54. The summed E-state index contributed by atoms with van der Waals surface area (Å²) in [4.78, 5) is 29.1. The van der Waals surface area contributed by atoms with Gasteiger partial charge in [0, 0.05) is 43.6 Å². The molecule has 0 saturated carbocycles. The van der Waals surface area contributed by atoms with Crippen LogP contribution in [-0.2, 0) is 32.6 Å². The summed E-state index contributed by atoms with van der Waals surface area (Å²) in [5.74, 6) is 0.273. The summed E-state index contributed by atoms with van der Waals surface area (Å²) in [5.41, 5.74) is 2.17. The Morgan fingerprint density at radius 3 is 2.29 bits per heavy atom. The van der Waals surface area contributed by atoms with Gasteiger partial charge in [-0.05, 0) is 47.7 Å². The fourth-order valence-corrected chi connectivity index (χ4v) is 5.75. The highest BCUT2D eigenvalue weighted by molar-refractivity contribution is 7.92. The van der Waals surface area contributed by atoms with Crippen molar-refractivity contribution in [2.75, 3.05) is 30.8 Å². The molecule has 42 heavy (non-hydrogen) atoms. The maximum Gasteiger partial charge on any atom is 0.243 e. The van der Waals surface area contributed by atoms with Crippen LogP contribution in [0.4, 0.5) is 5.69 Å². The molecule has 2 amide bonds. The number of hydrogen-bond donors (Lipinski definition) is 1. The van der Waals surface area contributed by atoms with Crippen LogP contribution in [0.5, 0.6) is 5.75 Å². The highest BCUT2D eigenvalue weighted by Crippen LogP contribution is 2.24. The largest absolute Gasteiger partial charge is 0.497 e. The van der Waals surface area contributed by atoms with Crippen LogP contribution in [0.15, 0.2) is 78.9 Å². The average molecular weight is 614 g/mol. The number of carbonyl (C=O) groups is 2. The first-order valence-corrected chi connectivity index (χ1v) is 16.2. The number of methoxy groups -OCH3 is 1. The van der Waals surface area contributed by atoms with Crippen molar-refractivity contribution < 1.29 is 22.7 Å². The lowest BCUT2D eigenvalue weighted by atomic mass is 10.0. The summed E-state index contributed by atoms with van der Waals surface area (Å²) in [7, 11) is -2.11. The maximum absolute atomic E-state index is 13.9. The molecule has 0 fully saturated rings. The van der Waals surface area contributed by atoms with Gasteiger partial charge in [-0.25, -0.2) is 8.42 Å². The Balaban J connectivity index is 1.88. The van der Waals surface area contributed by atoms with E-state index >= 15 is 0 Å². The molecule has 0 saturated heterocycles. The molecular weight excluding hydrogens is 574 g/mol. The zero-order valence-corrected chi connectivity index (χ0v) is 26.2. The van der Waals surface area contributed by atoms with Crippen molar-refractivity contribution in [1.29, 1.82) is 0 Å². The van der Waals surface area contributed by atoms with E-state index < -0.39 is 16.1 Å². The Morgan fingerprint density at radius 1 is 0.952 bits per heavy atom. The molecule has 0 radical (unpaired) electrons. The fourth-order valence-electron chi connectivity index (χ4n) is 4.58. The van der Waals surface area contributed by atoms with E-state index in [0.29, 0.717) is 29.4 Å². The number of anilines is 1. The topological polar surface area (TPSA) is 96.0 Å². The van der Waals surface area contributed by atoms with Gasteiger partial charge in [-0.2, -0.15) is 0 Å². The van der Waals surface area contributed by atoms with E-state index in [1.807, 2.05) is 56.3 Å². The summed E-state index contributed by atoms with van der Waals surface area (Å²) >= 11 is 6.25. The molecule has 3 rings (SSSR count). The molecule has 0 aliphatic rings. The molecule has 0 aromatic heterocycles. The van der Waals surface area contributed by atoms with E-state index in [1.165, 1.54) is 11.4 Å². The maximum atomic E-state index is 13.9. The zero-order chi connectivity index (χ0) is 30.7. The summed E-state index contributed by atoms with van der Waals surface area (Å²) in [6.07, 6.45) is 1.76. The molecular formula is C32H40ClN3O5S.